The summed E-state index contributed by atoms with van der Waals surface area (Å²) in [5.74, 6) is 0. The number of carbonyl (C=O) groups is 1. The van der Waals surface area contributed by atoms with Gasteiger partial charge in [0.2, 0.25) is 0 Å². The molecule has 0 aliphatic carbocycles. The Kier molecular flexibility index (Phi) is 6.43. The van der Waals surface area contributed by atoms with Crippen molar-refractivity contribution in [3.8, 4) is 11.3 Å². The van der Waals surface area contributed by atoms with E-state index in [0.717, 1.165) is 0 Å². The molecule has 3 rings (SSSR count). The molecule has 0 spiro atoms. The molecule has 0 aliphatic heterocycles. The normalized spacial score (nSPS) is 13.0. The average molecular weight is 462 g/mol. The third-order valence-electron chi connectivity index (χ3n) is 4.96. The SMILES string of the molecule is CC(C)(C)C(Cc1cc(-c2cccnc2Cl)n(S(=O)(=O)c2ccccc2)c1)NC(=O)O. The van der Waals surface area contributed by atoms with Crippen LogP contribution in [0.1, 0.15) is 26.3 Å². The van der Waals surface area contributed by atoms with Gasteiger partial charge in [-0.15, -0.1) is 0 Å². The van der Waals surface area contributed by atoms with Crippen LogP contribution in [0.15, 0.2) is 65.8 Å². The van der Waals surface area contributed by atoms with E-state index in [1.807, 2.05) is 20.8 Å². The van der Waals surface area contributed by atoms with Crippen molar-refractivity contribution in [1.82, 2.24) is 14.3 Å². The maximum Gasteiger partial charge on any atom is 0.404 e. The minimum Gasteiger partial charge on any atom is -0.465 e. The van der Waals surface area contributed by atoms with E-state index in [1.54, 1.807) is 36.4 Å². The fourth-order valence-electron chi connectivity index (χ4n) is 3.25. The monoisotopic (exact) mass is 461 g/mol. The van der Waals surface area contributed by atoms with E-state index in [0.29, 0.717) is 23.2 Å². The van der Waals surface area contributed by atoms with Gasteiger partial charge in [0.1, 0.15) is 5.15 Å². The molecule has 31 heavy (non-hydrogen) atoms. The molecule has 0 saturated carbocycles. The lowest BCUT2D eigenvalue weighted by Gasteiger charge is -2.30. The number of nitrogens with one attached hydrogen (secondary N) is 1. The number of pyridine rings is 1. The van der Waals surface area contributed by atoms with Crippen molar-refractivity contribution in [2.75, 3.05) is 0 Å². The molecule has 2 heterocycles. The summed E-state index contributed by atoms with van der Waals surface area (Å²) in [5.41, 5.74) is 1.10. The Balaban J connectivity index is 2.15. The molecule has 2 aromatic heterocycles. The molecule has 0 radical (unpaired) electrons. The smallest absolute Gasteiger partial charge is 0.404 e. The second-order valence-electron chi connectivity index (χ2n) is 8.26. The minimum absolute atomic E-state index is 0.134. The maximum atomic E-state index is 13.4. The molecule has 1 atom stereocenters. The van der Waals surface area contributed by atoms with E-state index in [9.17, 15) is 18.3 Å². The number of halogens is 1. The van der Waals surface area contributed by atoms with E-state index >= 15 is 0 Å². The van der Waals surface area contributed by atoms with Crippen LogP contribution in [0.25, 0.3) is 11.3 Å². The van der Waals surface area contributed by atoms with E-state index in [-0.39, 0.29) is 15.5 Å². The second-order valence-corrected chi connectivity index (χ2v) is 10.4. The molecule has 9 heteroatoms. The fourth-order valence-corrected chi connectivity index (χ4v) is 4.87. The quantitative estimate of drug-likeness (QED) is 0.519. The molecule has 2 N–H and O–H groups in total. The predicted octanol–water partition coefficient (Wildman–Crippen LogP) is 4.67. The molecular formula is C22H24ClN3O4S. The first-order valence-electron chi connectivity index (χ1n) is 9.62. The standard InChI is InChI=1S/C22H24ClN3O4S/c1-22(2,3)19(25-21(27)28)13-15-12-18(17-10-7-11-24-20(17)23)26(14-15)31(29,30)16-8-5-4-6-9-16/h4-12,14,19,25H,13H2,1-3H3,(H,27,28). The third-order valence-corrected chi connectivity index (χ3v) is 6.95. The van der Waals surface area contributed by atoms with Crippen molar-refractivity contribution in [3.05, 3.63) is 71.6 Å². The van der Waals surface area contributed by atoms with Gasteiger partial charge in [-0.2, -0.15) is 0 Å². The number of aromatic nitrogens is 2. The molecule has 1 unspecified atom stereocenters. The lowest BCUT2D eigenvalue weighted by molar-refractivity contribution is 0.174. The first-order chi connectivity index (χ1) is 14.5. The van der Waals surface area contributed by atoms with Crippen LogP contribution in [0.5, 0.6) is 0 Å². The Labute approximate surface area is 186 Å². The second kappa shape index (κ2) is 8.72. The van der Waals surface area contributed by atoms with Crippen LogP contribution >= 0.6 is 11.6 Å². The highest BCUT2D eigenvalue weighted by atomic mass is 35.5. The molecule has 0 bridgehead atoms. The van der Waals surface area contributed by atoms with E-state index in [1.165, 1.54) is 28.5 Å². The van der Waals surface area contributed by atoms with Gasteiger partial charge in [-0.1, -0.05) is 50.6 Å². The minimum atomic E-state index is -3.91. The summed E-state index contributed by atoms with van der Waals surface area (Å²) in [6.07, 6.45) is 2.21. The summed E-state index contributed by atoms with van der Waals surface area (Å²) in [4.78, 5) is 15.5. The number of hydrogen-bond acceptors (Lipinski definition) is 4. The predicted molar refractivity (Wildman–Crippen MR) is 120 cm³/mol. The Morgan fingerprint density at radius 3 is 2.45 bits per heavy atom. The van der Waals surface area contributed by atoms with Gasteiger partial charge in [-0.25, -0.2) is 22.2 Å². The van der Waals surface area contributed by atoms with Gasteiger partial charge in [-0.05, 0) is 47.7 Å². The zero-order valence-corrected chi connectivity index (χ0v) is 19.0. The van der Waals surface area contributed by atoms with E-state index < -0.39 is 22.2 Å². The zero-order valence-electron chi connectivity index (χ0n) is 17.4. The van der Waals surface area contributed by atoms with Gasteiger partial charge in [0.05, 0.1) is 10.6 Å². The van der Waals surface area contributed by atoms with E-state index in [2.05, 4.69) is 10.3 Å². The number of nitrogens with zero attached hydrogens (tertiary/aromatic N) is 2. The van der Waals surface area contributed by atoms with Crippen LogP contribution < -0.4 is 5.32 Å². The fraction of sp³-hybridized carbons (Fsp3) is 0.273. The molecular weight excluding hydrogens is 438 g/mol. The number of amides is 1. The van der Waals surface area contributed by atoms with Gasteiger partial charge in [0, 0.05) is 24.0 Å². The van der Waals surface area contributed by atoms with Crippen LogP contribution in [0.4, 0.5) is 4.79 Å². The highest BCUT2D eigenvalue weighted by Gasteiger charge is 2.29. The van der Waals surface area contributed by atoms with E-state index in [4.69, 9.17) is 11.6 Å². The molecule has 164 valence electrons. The molecule has 7 nitrogen and oxygen atoms in total. The van der Waals surface area contributed by atoms with Crippen LogP contribution in [0.2, 0.25) is 5.15 Å². The van der Waals surface area contributed by atoms with Gasteiger partial charge in [0.15, 0.2) is 0 Å². The van der Waals surface area contributed by atoms with Crippen molar-refractivity contribution in [3.63, 3.8) is 0 Å². The van der Waals surface area contributed by atoms with Crippen molar-refractivity contribution < 1.29 is 18.3 Å². The van der Waals surface area contributed by atoms with Crippen LogP contribution in [-0.2, 0) is 16.4 Å². The topological polar surface area (TPSA) is 101 Å². The number of benzene rings is 1. The first kappa shape index (κ1) is 22.8. The molecule has 1 amide bonds. The summed E-state index contributed by atoms with van der Waals surface area (Å²) < 4.78 is 28.0. The van der Waals surface area contributed by atoms with Gasteiger partial charge in [0.25, 0.3) is 10.0 Å². The Hall–Kier alpha value is -2.84. The largest absolute Gasteiger partial charge is 0.465 e. The number of hydrogen-bond donors (Lipinski definition) is 2. The summed E-state index contributed by atoms with van der Waals surface area (Å²) in [5, 5.41) is 12.0. The molecule has 0 fully saturated rings. The summed E-state index contributed by atoms with van der Waals surface area (Å²) in [6.45, 7) is 5.76. The van der Waals surface area contributed by atoms with Gasteiger partial charge < -0.3 is 10.4 Å². The maximum absolute atomic E-state index is 13.4. The van der Waals surface area contributed by atoms with Crippen molar-refractivity contribution in [2.45, 2.75) is 38.1 Å². The Morgan fingerprint density at radius 2 is 1.87 bits per heavy atom. The van der Waals surface area contributed by atoms with Crippen LogP contribution in [0.3, 0.4) is 0 Å². The van der Waals surface area contributed by atoms with Crippen molar-refractivity contribution >= 4 is 27.7 Å². The Morgan fingerprint density at radius 1 is 1.19 bits per heavy atom. The molecule has 3 aromatic rings. The first-order valence-corrected chi connectivity index (χ1v) is 11.4. The molecule has 0 saturated heterocycles. The van der Waals surface area contributed by atoms with Crippen LogP contribution in [0, 0.1) is 5.41 Å². The van der Waals surface area contributed by atoms with Gasteiger partial charge >= 0.3 is 6.09 Å². The third kappa shape index (κ3) is 5.08. The molecule has 1 aromatic carbocycles. The summed E-state index contributed by atoms with van der Waals surface area (Å²) >= 11 is 6.27. The van der Waals surface area contributed by atoms with Crippen LogP contribution in [-0.4, -0.2) is 34.6 Å². The number of carboxylic acid groups (broad SMARTS) is 1. The van der Waals surface area contributed by atoms with Crippen molar-refractivity contribution in [2.24, 2.45) is 5.41 Å². The number of rotatable bonds is 6. The summed E-state index contributed by atoms with van der Waals surface area (Å²) in [6, 6.07) is 12.7. The molecule has 0 aliphatic rings. The Bertz CT molecular complexity index is 1180. The van der Waals surface area contributed by atoms with Crippen molar-refractivity contribution in [1.29, 1.82) is 0 Å². The zero-order chi connectivity index (χ0) is 22.8. The summed E-state index contributed by atoms with van der Waals surface area (Å²) in [7, 11) is -3.91. The average Bonchev–Trinajstić information content (AvgIpc) is 3.12. The van der Waals surface area contributed by atoms with Gasteiger partial charge in [-0.3, -0.25) is 0 Å². The highest BCUT2D eigenvalue weighted by molar-refractivity contribution is 7.90. The lowest BCUT2D eigenvalue weighted by Crippen LogP contribution is -2.44. The lowest BCUT2D eigenvalue weighted by atomic mass is 9.83. The highest BCUT2D eigenvalue weighted by Crippen LogP contribution is 2.32.